The number of hydrogen-bond acceptors (Lipinski definition) is 5. The molecule has 1 unspecified atom stereocenters. The summed E-state index contributed by atoms with van der Waals surface area (Å²) in [6.45, 7) is 4.75. The molecule has 0 saturated carbocycles. The van der Waals surface area contributed by atoms with Gasteiger partial charge in [0.1, 0.15) is 5.01 Å². The average Bonchev–Trinajstić information content (AvgIpc) is 3.37. The summed E-state index contributed by atoms with van der Waals surface area (Å²) in [5, 5.41) is 6.61. The van der Waals surface area contributed by atoms with Crippen molar-refractivity contribution in [3.63, 3.8) is 0 Å². The minimum Gasteiger partial charge on any atom is -0.382 e. The first kappa shape index (κ1) is 23.1. The van der Waals surface area contributed by atoms with E-state index in [4.69, 9.17) is 14.5 Å². The van der Waals surface area contributed by atoms with Crippen molar-refractivity contribution in [3.05, 3.63) is 41.4 Å². The van der Waals surface area contributed by atoms with Crippen molar-refractivity contribution in [2.24, 2.45) is 10.9 Å². The molecule has 2 aromatic rings. The third kappa shape index (κ3) is 6.68. The minimum atomic E-state index is 0. The van der Waals surface area contributed by atoms with Gasteiger partial charge in [-0.3, -0.25) is 4.99 Å². The molecule has 1 fully saturated rings. The number of halogens is 1. The van der Waals surface area contributed by atoms with Gasteiger partial charge in [-0.2, -0.15) is 0 Å². The van der Waals surface area contributed by atoms with Gasteiger partial charge in [0.25, 0.3) is 0 Å². The van der Waals surface area contributed by atoms with Crippen LogP contribution in [-0.2, 0) is 16.0 Å². The summed E-state index contributed by atoms with van der Waals surface area (Å²) < 4.78 is 10.7. The molecule has 1 atom stereocenters. The lowest BCUT2D eigenvalue weighted by molar-refractivity contribution is 0.0536. The van der Waals surface area contributed by atoms with Gasteiger partial charge >= 0.3 is 0 Å². The van der Waals surface area contributed by atoms with E-state index in [2.05, 4.69) is 32.7 Å². The van der Waals surface area contributed by atoms with Crippen LogP contribution in [0.5, 0.6) is 0 Å². The maximum atomic E-state index is 5.67. The Morgan fingerprint density at radius 1 is 1.32 bits per heavy atom. The van der Waals surface area contributed by atoms with Gasteiger partial charge in [0.2, 0.25) is 0 Å². The number of thiazole rings is 1. The Bertz CT molecular complexity index is 726. The predicted octanol–water partition coefficient (Wildman–Crippen LogP) is 3.49. The van der Waals surface area contributed by atoms with E-state index in [0.29, 0.717) is 25.7 Å². The highest BCUT2D eigenvalue weighted by molar-refractivity contribution is 14.0. The lowest BCUT2D eigenvalue weighted by Gasteiger charge is -2.21. The minimum absolute atomic E-state index is 0. The molecule has 1 N–H and O–H groups in total. The molecule has 1 aliphatic rings. The quantitative estimate of drug-likeness (QED) is 0.252. The molecule has 1 aromatic heterocycles. The molecule has 0 spiro atoms. The third-order valence-electron chi connectivity index (χ3n) is 4.58. The van der Waals surface area contributed by atoms with E-state index in [1.54, 1.807) is 18.4 Å². The maximum Gasteiger partial charge on any atom is 0.193 e. The second-order valence-electron chi connectivity index (χ2n) is 6.58. The Hall–Kier alpha value is -1.23. The summed E-state index contributed by atoms with van der Waals surface area (Å²) in [5.41, 5.74) is 2.20. The fraction of sp³-hybridized carbons (Fsp3) is 0.500. The number of ether oxygens (including phenoxy) is 2. The number of methoxy groups -OCH3 is 1. The van der Waals surface area contributed by atoms with Gasteiger partial charge in [0.15, 0.2) is 5.96 Å². The van der Waals surface area contributed by atoms with Crippen LogP contribution >= 0.6 is 35.3 Å². The van der Waals surface area contributed by atoms with Crippen molar-refractivity contribution >= 4 is 41.3 Å². The molecule has 1 aliphatic heterocycles. The smallest absolute Gasteiger partial charge is 0.193 e. The summed E-state index contributed by atoms with van der Waals surface area (Å²) in [5.74, 6) is 1.48. The Kier molecular flexibility index (Phi) is 10.2. The van der Waals surface area contributed by atoms with E-state index in [1.165, 1.54) is 0 Å². The highest BCUT2D eigenvalue weighted by Crippen LogP contribution is 2.23. The van der Waals surface area contributed by atoms with Crippen molar-refractivity contribution in [2.75, 3.05) is 47.1 Å². The molecule has 8 heteroatoms. The molecule has 2 heterocycles. The molecule has 0 radical (unpaired) electrons. The van der Waals surface area contributed by atoms with E-state index < -0.39 is 0 Å². The number of rotatable bonds is 8. The summed E-state index contributed by atoms with van der Waals surface area (Å²) in [6.07, 6.45) is 1.13. The number of aliphatic imine (C=N–C) groups is 1. The topological polar surface area (TPSA) is 59.0 Å². The Balaban J connectivity index is 0.00000280. The molecule has 0 bridgehead atoms. The fourth-order valence-electron chi connectivity index (χ4n) is 3.16. The first-order chi connectivity index (χ1) is 13.3. The lowest BCUT2D eigenvalue weighted by atomic mass is 10.1. The van der Waals surface area contributed by atoms with E-state index >= 15 is 0 Å². The molecular formula is C20H29IN4O2S. The van der Waals surface area contributed by atoms with E-state index in [9.17, 15) is 0 Å². The van der Waals surface area contributed by atoms with Crippen LogP contribution in [0.1, 0.15) is 12.1 Å². The van der Waals surface area contributed by atoms with Crippen LogP contribution in [0.4, 0.5) is 0 Å². The van der Waals surface area contributed by atoms with Crippen LogP contribution in [0.15, 0.2) is 40.7 Å². The van der Waals surface area contributed by atoms with Crippen LogP contribution in [-0.4, -0.2) is 62.9 Å². The van der Waals surface area contributed by atoms with Crippen LogP contribution in [0, 0.1) is 5.92 Å². The molecular weight excluding hydrogens is 487 g/mol. The molecule has 0 aliphatic carbocycles. The number of nitrogens with one attached hydrogen (secondary N) is 1. The van der Waals surface area contributed by atoms with Crippen LogP contribution in [0.2, 0.25) is 0 Å². The van der Waals surface area contributed by atoms with E-state index in [1.807, 2.05) is 25.2 Å². The first-order valence-corrected chi connectivity index (χ1v) is 10.2. The van der Waals surface area contributed by atoms with Gasteiger partial charge in [-0.15, -0.1) is 35.3 Å². The first-order valence-electron chi connectivity index (χ1n) is 9.32. The molecule has 154 valence electrons. The van der Waals surface area contributed by atoms with Gasteiger partial charge in [-0.05, 0) is 6.42 Å². The molecule has 28 heavy (non-hydrogen) atoms. The van der Waals surface area contributed by atoms with Gasteiger partial charge in [0.05, 0.1) is 32.1 Å². The van der Waals surface area contributed by atoms with Crippen LogP contribution in [0.3, 0.4) is 0 Å². The zero-order chi connectivity index (χ0) is 18.9. The second-order valence-corrected chi connectivity index (χ2v) is 7.44. The van der Waals surface area contributed by atoms with Crippen LogP contribution in [0.25, 0.3) is 10.6 Å². The Morgan fingerprint density at radius 3 is 2.89 bits per heavy atom. The van der Waals surface area contributed by atoms with E-state index in [0.717, 1.165) is 48.3 Å². The lowest BCUT2D eigenvalue weighted by Crippen LogP contribution is -2.40. The monoisotopic (exact) mass is 516 g/mol. The summed E-state index contributed by atoms with van der Waals surface area (Å²) >= 11 is 1.68. The summed E-state index contributed by atoms with van der Waals surface area (Å²) in [4.78, 5) is 11.5. The standard InChI is InChI=1S/C20H28N4O2S.HI/c1-21-20(24-9-8-16(13-24)14-26-11-10-25-2)22-12-18-15-27-19(23-18)17-6-4-3-5-7-17;/h3-7,15-16H,8-14H2,1-2H3,(H,21,22);1H. The van der Waals surface area contributed by atoms with Crippen molar-refractivity contribution in [2.45, 2.75) is 13.0 Å². The number of hydrogen-bond donors (Lipinski definition) is 1. The normalized spacial score (nSPS) is 16.9. The highest BCUT2D eigenvalue weighted by atomic mass is 127. The van der Waals surface area contributed by atoms with Crippen molar-refractivity contribution < 1.29 is 9.47 Å². The zero-order valence-electron chi connectivity index (χ0n) is 16.5. The van der Waals surface area contributed by atoms with Gasteiger partial charge < -0.3 is 19.7 Å². The largest absolute Gasteiger partial charge is 0.382 e. The predicted molar refractivity (Wildman–Crippen MR) is 126 cm³/mol. The van der Waals surface area contributed by atoms with E-state index in [-0.39, 0.29) is 24.0 Å². The van der Waals surface area contributed by atoms with Gasteiger partial charge in [0, 0.05) is 44.1 Å². The number of nitrogens with zero attached hydrogens (tertiary/aromatic N) is 3. The van der Waals surface area contributed by atoms with Crippen molar-refractivity contribution in [3.8, 4) is 10.6 Å². The zero-order valence-corrected chi connectivity index (χ0v) is 19.6. The molecule has 0 amide bonds. The second kappa shape index (κ2) is 12.4. The molecule has 1 aromatic carbocycles. The number of benzene rings is 1. The Morgan fingerprint density at radius 2 is 2.14 bits per heavy atom. The SMILES string of the molecule is CN=C(NCc1csc(-c2ccccc2)n1)N1CCC(COCCOC)C1.I. The highest BCUT2D eigenvalue weighted by Gasteiger charge is 2.25. The third-order valence-corrected chi connectivity index (χ3v) is 5.52. The van der Waals surface area contributed by atoms with Gasteiger partial charge in [-0.1, -0.05) is 30.3 Å². The molecule has 3 rings (SSSR count). The van der Waals surface area contributed by atoms with Crippen molar-refractivity contribution in [1.29, 1.82) is 0 Å². The van der Waals surface area contributed by atoms with Gasteiger partial charge in [-0.25, -0.2) is 4.98 Å². The molecule has 6 nitrogen and oxygen atoms in total. The summed E-state index contributed by atoms with van der Waals surface area (Å²) in [7, 11) is 3.53. The number of guanidine groups is 1. The number of likely N-dealkylation sites (tertiary alicyclic amines) is 1. The van der Waals surface area contributed by atoms with Crippen LogP contribution < -0.4 is 5.32 Å². The number of aromatic nitrogens is 1. The molecule has 1 saturated heterocycles. The summed E-state index contributed by atoms with van der Waals surface area (Å²) in [6, 6.07) is 10.3. The fourth-order valence-corrected chi connectivity index (χ4v) is 3.98. The maximum absolute atomic E-state index is 5.67. The van der Waals surface area contributed by atoms with Crippen molar-refractivity contribution in [1.82, 2.24) is 15.2 Å². The Labute approximate surface area is 188 Å². The average molecular weight is 516 g/mol.